The maximum Gasteiger partial charge on any atom is 0.302 e. The number of hydrogen-bond acceptors (Lipinski definition) is 4. The van der Waals surface area contributed by atoms with E-state index in [1.807, 2.05) is 6.92 Å². The number of allylic oxidation sites excluding steroid dienone is 2. The summed E-state index contributed by atoms with van der Waals surface area (Å²) in [5.74, 6) is 2.81. The van der Waals surface area contributed by atoms with Crippen molar-refractivity contribution in [2.45, 2.75) is 85.2 Å². The van der Waals surface area contributed by atoms with E-state index < -0.39 is 0 Å². The molecule has 0 aliphatic heterocycles. The highest BCUT2D eigenvalue weighted by Crippen LogP contribution is 2.66. The highest BCUT2D eigenvalue weighted by atomic mass is 16.5. The number of hydrogen-bond donors (Lipinski definition) is 1. The Bertz CT molecular complexity index is 683. The SMILES string of the molecule is CC(=O)O[C@H]1CC[C@@]2(C)[C@@H](CC[C@@H]3[C@@H]2CC[C@]2(C)C(/C(C)=N/O)=CC[C@@H]32)C1. The maximum atomic E-state index is 11.4. The zero-order valence-corrected chi connectivity index (χ0v) is 17.3. The van der Waals surface area contributed by atoms with Crippen LogP contribution in [0.15, 0.2) is 16.8 Å². The average molecular weight is 374 g/mol. The van der Waals surface area contributed by atoms with Gasteiger partial charge in [0.05, 0.1) is 5.71 Å². The number of ether oxygens (including phenoxy) is 1. The Kier molecular flexibility index (Phi) is 4.67. The van der Waals surface area contributed by atoms with Gasteiger partial charge < -0.3 is 9.94 Å². The lowest BCUT2D eigenvalue weighted by atomic mass is 9.44. The Labute approximate surface area is 163 Å². The van der Waals surface area contributed by atoms with Crippen LogP contribution < -0.4 is 0 Å². The summed E-state index contributed by atoms with van der Waals surface area (Å²) in [6, 6.07) is 0. The molecule has 0 aromatic rings. The monoisotopic (exact) mass is 373 g/mol. The van der Waals surface area contributed by atoms with E-state index in [-0.39, 0.29) is 17.5 Å². The van der Waals surface area contributed by atoms with Crippen LogP contribution in [0.25, 0.3) is 0 Å². The van der Waals surface area contributed by atoms with E-state index in [1.165, 1.54) is 44.6 Å². The second-order valence-corrected chi connectivity index (χ2v) is 10.2. The molecular formula is C23H35NO3. The molecule has 4 heteroatoms. The summed E-state index contributed by atoms with van der Waals surface area (Å²) in [5.41, 5.74) is 2.67. The Morgan fingerprint density at radius 3 is 2.63 bits per heavy atom. The van der Waals surface area contributed by atoms with Crippen LogP contribution in [-0.2, 0) is 9.53 Å². The van der Waals surface area contributed by atoms with Gasteiger partial charge in [-0.25, -0.2) is 0 Å². The quantitative estimate of drug-likeness (QED) is 0.307. The maximum absolute atomic E-state index is 11.4. The summed E-state index contributed by atoms with van der Waals surface area (Å²) in [5, 5.41) is 12.9. The third kappa shape index (κ3) is 2.86. The predicted molar refractivity (Wildman–Crippen MR) is 106 cm³/mol. The number of nitrogens with zero attached hydrogens (tertiary/aromatic N) is 1. The largest absolute Gasteiger partial charge is 0.463 e. The molecule has 0 unspecified atom stereocenters. The first-order chi connectivity index (χ1) is 12.8. The molecule has 0 radical (unpaired) electrons. The van der Waals surface area contributed by atoms with Crippen LogP contribution in [0.4, 0.5) is 0 Å². The lowest BCUT2D eigenvalue weighted by Gasteiger charge is -2.60. The Balaban J connectivity index is 1.54. The summed E-state index contributed by atoms with van der Waals surface area (Å²) in [6.45, 7) is 8.42. The highest BCUT2D eigenvalue weighted by molar-refractivity contribution is 5.99. The van der Waals surface area contributed by atoms with Gasteiger partial charge in [0.2, 0.25) is 0 Å². The number of oxime groups is 1. The van der Waals surface area contributed by atoms with Crippen molar-refractivity contribution in [3.8, 4) is 0 Å². The van der Waals surface area contributed by atoms with E-state index >= 15 is 0 Å². The first-order valence-corrected chi connectivity index (χ1v) is 10.9. The predicted octanol–water partition coefficient (Wildman–Crippen LogP) is 5.35. The van der Waals surface area contributed by atoms with Gasteiger partial charge in [-0.2, -0.15) is 0 Å². The van der Waals surface area contributed by atoms with Gasteiger partial charge in [0.1, 0.15) is 6.10 Å². The fraction of sp³-hybridized carbons (Fsp3) is 0.826. The molecule has 0 bridgehead atoms. The van der Waals surface area contributed by atoms with Crippen molar-refractivity contribution in [2.75, 3.05) is 0 Å². The van der Waals surface area contributed by atoms with Crippen molar-refractivity contribution in [3.63, 3.8) is 0 Å². The standard InChI is InChI=1S/C23H35NO3/c1-14(24-26)19-7-8-20-18-6-5-16-13-17(27-15(2)25)9-11-22(16,3)21(18)10-12-23(19,20)4/h7,16-18,20-21,26H,5-6,8-13H2,1-4H3/b24-14+/t16-,17-,18-,20-,21-,22-,23+/m0/s1. The van der Waals surface area contributed by atoms with Crippen molar-refractivity contribution in [1.82, 2.24) is 0 Å². The molecule has 0 heterocycles. The Morgan fingerprint density at radius 2 is 1.93 bits per heavy atom. The molecule has 4 nitrogen and oxygen atoms in total. The molecule has 0 aromatic heterocycles. The van der Waals surface area contributed by atoms with Gasteiger partial charge in [-0.15, -0.1) is 0 Å². The minimum Gasteiger partial charge on any atom is -0.463 e. The molecule has 0 aromatic carbocycles. The minimum atomic E-state index is -0.129. The van der Waals surface area contributed by atoms with Gasteiger partial charge in [-0.05, 0) is 98.4 Å². The van der Waals surface area contributed by atoms with Gasteiger partial charge >= 0.3 is 5.97 Å². The smallest absolute Gasteiger partial charge is 0.302 e. The number of fused-ring (bicyclic) bond motifs is 5. The lowest BCUT2D eigenvalue weighted by molar-refractivity contribution is -0.158. The first kappa shape index (κ1) is 19.0. The van der Waals surface area contributed by atoms with E-state index in [4.69, 9.17) is 4.74 Å². The van der Waals surface area contributed by atoms with E-state index in [9.17, 15) is 10.0 Å². The van der Waals surface area contributed by atoms with E-state index in [2.05, 4.69) is 25.1 Å². The summed E-state index contributed by atoms with van der Waals surface area (Å²) in [7, 11) is 0. The molecule has 7 atom stereocenters. The molecule has 4 rings (SSSR count). The third-order valence-electron chi connectivity index (χ3n) is 9.07. The molecule has 0 spiro atoms. The van der Waals surface area contributed by atoms with Gasteiger partial charge in [-0.3, -0.25) is 4.79 Å². The van der Waals surface area contributed by atoms with E-state index in [1.54, 1.807) is 0 Å². The number of carbonyl (C=O) groups excluding carboxylic acids is 1. The van der Waals surface area contributed by atoms with Gasteiger partial charge in [0.15, 0.2) is 0 Å². The summed E-state index contributed by atoms with van der Waals surface area (Å²) >= 11 is 0. The molecule has 4 aliphatic rings. The first-order valence-electron chi connectivity index (χ1n) is 10.9. The lowest BCUT2D eigenvalue weighted by Crippen LogP contribution is -2.54. The summed E-state index contributed by atoms with van der Waals surface area (Å²) < 4.78 is 5.58. The molecule has 4 aliphatic carbocycles. The molecule has 3 fully saturated rings. The number of carbonyl (C=O) groups is 1. The zero-order valence-electron chi connectivity index (χ0n) is 17.3. The van der Waals surface area contributed by atoms with Crippen LogP contribution in [0.5, 0.6) is 0 Å². The molecule has 150 valence electrons. The number of esters is 1. The third-order valence-corrected chi connectivity index (χ3v) is 9.07. The average Bonchev–Trinajstić information content (AvgIpc) is 2.98. The highest BCUT2D eigenvalue weighted by Gasteiger charge is 2.59. The van der Waals surface area contributed by atoms with Crippen molar-refractivity contribution >= 4 is 11.7 Å². The molecule has 0 saturated heterocycles. The van der Waals surface area contributed by atoms with Crippen molar-refractivity contribution < 1.29 is 14.7 Å². The Morgan fingerprint density at radius 1 is 1.15 bits per heavy atom. The van der Waals surface area contributed by atoms with Crippen LogP contribution in [0.2, 0.25) is 0 Å². The molecule has 27 heavy (non-hydrogen) atoms. The minimum absolute atomic E-state index is 0.129. The fourth-order valence-corrected chi connectivity index (χ4v) is 7.74. The van der Waals surface area contributed by atoms with Crippen LogP contribution in [-0.4, -0.2) is 23.0 Å². The molecule has 3 saturated carbocycles. The second kappa shape index (κ2) is 6.63. The van der Waals surface area contributed by atoms with Crippen LogP contribution in [0.1, 0.15) is 79.1 Å². The van der Waals surface area contributed by atoms with E-state index in [0.717, 1.165) is 36.8 Å². The van der Waals surface area contributed by atoms with Crippen molar-refractivity contribution in [2.24, 2.45) is 39.7 Å². The van der Waals surface area contributed by atoms with Crippen LogP contribution in [0, 0.1) is 34.5 Å². The van der Waals surface area contributed by atoms with Gasteiger partial charge in [-0.1, -0.05) is 25.1 Å². The van der Waals surface area contributed by atoms with E-state index in [0.29, 0.717) is 17.3 Å². The van der Waals surface area contributed by atoms with Gasteiger partial charge in [0, 0.05) is 6.92 Å². The van der Waals surface area contributed by atoms with Crippen LogP contribution >= 0.6 is 0 Å². The normalized spacial score (nSPS) is 46.7. The van der Waals surface area contributed by atoms with Crippen molar-refractivity contribution in [3.05, 3.63) is 11.6 Å². The van der Waals surface area contributed by atoms with Gasteiger partial charge in [0.25, 0.3) is 0 Å². The van der Waals surface area contributed by atoms with Crippen LogP contribution in [0.3, 0.4) is 0 Å². The zero-order chi connectivity index (χ0) is 19.4. The number of rotatable bonds is 2. The second-order valence-electron chi connectivity index (χ2n) is 10.2. The summed E-state index contributed by atoms with van der Waals surface area (Å²) in [4.78, 5) is 11.4. The summed E-state index contributed by atoms with van der Waals surface area (Å²) in [6.07, 6.45) is 11.9. The fourth-order valence-electron chi connectivity index (χ4n) is 7.74. The topological polar surface area (TPSA) is 58.9 Å². The molecular weight excluding hydrogens is 338 g/mol. The Hall–Kier alpha value is -1.32. The molecule has 1 N–H and O–H groups in total. The molecule has 0 amide bonds. The van der Waals surface area contributed by atoms with Crippen molar-refractivity contribution in [1.29, 1.82) is 0 Å².